The van der Waals surface area contributed by atoms with Crippen LogP contribution < -0.4 is 14.8 Å². The van der Waals surface area contributed by atoms with E-state index < -0.39 is 0 Å². The Balaban J connectivity index is 1.56. The first-order valence-corrected chi connectivity index (χ1v) is 6.42. The number of rotatable bonds is 4. The van der Waals surface area contributed by atoms with E-state index in [2.05, 4.69) is 24.4 Å². The van der Waals surface area contributed by atoms with Gasteiger partial charge in [0.25, 0.3) is 0 Å². The van der Waals surface area contributed by atoms with Gasteiger partial charge in [-0.25, -0.2) is 0 Å². The summed E-state index contributed by atoms with van der Waals surface area (Å²) in [5.41, 5.74) is 1.54. The summed E-state index contributed by atoms with van der Waals surface area (Å²) < 4.78 is 16.3. The molecule has 98 valence electrons. The first-order valence-electron chi connectivity index (χ1n) is 6.42. The lowest BCUT2D eigenvalue weighted by Crippen LogP contribution is -2.47. The Kier molecular flexibility index (Phi) is 3.14. The van der Waals surface area contributed by atoms with Crippen molar-refractivity contribution in [3.8, 4) is 11.5 Å². The molecule has 0 unspecified atom stereocenters. The van der Waals surface area contributed by atoms with Crippen LogP contribution in [0.5, 0.6) is 11.5 Å². The van der Waals surface area contributed by atoms with Gasteiger partial charge in [0.15, 0.2) is 11.5 Å². The topological polar surface area (TPSA) is 39.7 Å². The molecule has 0 saturated carbocycles. The van der Waals surface area contributed by atoms with Crippen LogP contribution in [0.4, 0.5) is 0 Å². The highest BCUT2D eigenvalue weighted by Crippen LogP contribution is 2.31. The molecular formula is C14H19NO3. The lowest BCUT2D eigenvalue weighted by molar-refractivity contribution is -0.0991. The number of fused-ring (bicyclic) bond motifs is 1. The first kappa shape index (κ1) is 11.8. The van der Waals surface area contributed by atoms with E-state index in [-0.39, 0.29) is 0 Å². The smallest absolute Gasteiger partial charge is 0.161 e. The predicted octanol–water partition coefficient (Wildman–Crippen LogP) is 1.58. The molecule has 1 saturated heterocycles. The van der Waals surface area contributed by atoms with Crippen molar-refractivity contribution in [3.05, 3.63) is 23.8 Å². The largest absolute Gasteiger partial charge is 0.486 e. The second-order valence-corrected chi connectivity index (χ2v) is 5.39. The minimum atomic E-state index is 0.313. The molecular weight excluding hydrogens is 230 g/mol. The zero-order chi connectivity index (χ0) is 12.4. The number of benzene rings is 1. The predicted molar refractivity (Wildman–Crippen MR) is 68.1 cm³/mol. The van der Waals surface area contributed by atoms with E-state index in [1.165, 1.54) is 5.56 Å². The van der Waals surface area contributed by atoms with Crippen molar-refractivity contribution in [3.63, 3.8) is 0 Å². The zero-order valence-corrected chi connectivity index (χ0v) is 10.7. The highest BCUT2D eigenvalue weighted by Gasteiger charge is 2.32. The molecule has 18 heavy (non-hydrogen) atoms. The Morgan fingerprint density at radius 2 is 1.94 bits per heavy atom. The second kappa shape index (κ2) is 4.78. The fourth-order valence-electron chi connectivity index (χ4n) is 2.26. The number of hydrogen-bond donors (Lipinski definition) is 1. The summed E-state index contributed by atoms with van der Waals surface area (Å²) >= 11 is 0. The van der Waals surface area contributed by atoms with Crippen molar-refractivity contribution >= 4 is 0 Å². The van der Waals surface area contributed by atoms with Crippen LogP contribution in [0.15, 0.2) is 18.2 Å². The van der Waals surface area contributed by atoms with E-state index in [0.717, 1.165) is 37.8 Å². The highest BCUT2D eigenvalue weighted by atomic mass is 16.6. The molecule has 0 aliphatic carbocycles. The third kappa shape index (κ3) is 2.44. The maximum Gasteiger partial charge on any atom is 0.161 e. The molecule has 0 spiro atoms. The van der Waals surface area contributed by atoms with Crippen molar-refractivity contribution in [1.82, 2.24) is 5.32 Å². The van der Waals surface area contributed by atoms with Crippen LogP contribution in [0.3, 0.4) is 0 Å². The molecule has 2 aliphatic heterocycles. The lowest BCUT2D eigenvalue weighted by atomic mass is 9.89. The average Bonchev–Trinajstić information content (AvgIpc) is 2.37. The summed E-state index contributed by atoms with van der Waals surface area (Å²) in [5.74, 6) is 1.71. The molecule has 1 aromatic rings. The molecule has 1 aromatic carbocycles. The first-order chi connectivity index (χ1) is 8.75. The van der Waals surface area contributed by atoms with Crippen molar-refractivity contribution in [2.45, 2.75) is 13.5 Å². The van der Waals surface area contributed by atoms with Gasteiger partial charge in [0, 0.05) is 18.5 Å². The summed E-state index contributed by atoms with van der Waals surface area (Å²) in [6.07, 6.45) is 0. The lowest BCUT2D eigenvalue weighted by Gasteiger charge is -2.38. The van der Waals surface area contributed by atoms with Gasteiger partial charge in [0.2, 0.25) is 0 Å². The van der Waals surface area contributed by atoms with Gasteiger partial charge in [-0.1, -0.05) is 13.0 Å². The normalized spacial score (nSPS) is 20.3. The van der Waals surface area contributed by atoms with Crippen LogP contribution in [0.25, 0.3) is 0 Å². The Morgan fingerprint density at radius 3 is 2.67 bits per heavy atom. The molecule has 1 N–H and O–H groups in total. The summed E-state index contributed by atoms with van der Waals surface area (Å²) in [6, 6.07) is 6.13. The highest BCUT2D eigenvalue weighted by molar-refractivity contribution is 5.43. The molecule has 4 nitrogen and oxygen atoms in total. The molecule has 0 aromatic heterocycles. The van der Waals surface area contributed by atoms with Gasteiger partial charge in [-0.05, 0) is 17.7 Å². The van der Waals surface area contributed by atoms with Gasteiger partial charge >= 0.3 is 0 Å². The molecule has 2 aliphatic rings. The maximum absolute atomic E-state index is 5.57. The summed E-state index contributed by atoms with van der Waals surface area (Å²) in [7, 11) is 0. The van der Waals surface area contributed by atoms with Crippen LogP contribution in [0.1, 0.15) is 12.5 Å². The fraction of sp³-hybridized carbons (Fsp3) is 0.571. The Bertz CT molecular complexity index is 429. The number of hydrogen-bond acceptors (Lipinski definition) is 4. The van der Waals surface area contributed by atoms with E-state index in [0.29, 0.717) is 18.6 Å². The third-order valence-electron chi connectivity index (χ3n) is 3.39. The summed E-state index contributed by atoms with van der Waals surface area (Å²) in [4.78, 5) is 0. The standard InChI is InChI=1S/C14H19NO3/c1-14(9-16-10-14)8-15-7-11-2-3-12-13(6-11)18-5-4-17-12/h2-3,6,15H,4-5,7-10H2,1H3. The Hall–Kier alpha value is -1.26. The maximum atomic E-state index is 5.57. The average molecular weight is 249 g/mol. The monoisotopic (exact) mass is 249 g/mol. The molecule has 0 atom stereocenters. The SMILES string of the molecule is CC1(CNCc2ccc3c(c2)OCCO3)COC1. The van der Waals surface area contributed by atoms with Gasteiger partial charge in [-0.2, -0.15) is 0 Å². The van der Waals surface area contributed by atoms with Crippen molar-refractivity contribution in [1.29, 1.82) is 0 Å². The van der Waals surface area contributed by atoms with Gasteiger partial charge in [-0.15, -0.1) is 0 Å². The van der Waals surface area contributed by atoms with Crippen LogP contribution in [0, 0.1) is 5.41 Å². The van der Waals surface area contributed by atoms with Crippen LogP contribution in [-0.2, 0) is 11.3 Å². The zero-order valence-electron chi connectivity index (χ0n) is 10.7. The summed E-state index contributed by atoms with van der Waals surface area (Å²) in [6.45, 7) is 7.09. The Morgan fingerprint density at radius 1 is 1.17 bits per heavy atom. The molecule has 0 amide bonds. The van der Waals surface area contributed by atoms with Crippen LogP contribution >= 0.6 is 0 Å². The van der Waals surface area contributed by atoms with Crippen LogP contribution in [0.2, 0.25) is 0 Å². The van der Waals surface area contributed by atoms with E-state index in [1.807, 2.05) is 6.07 Å². The molecule has 4 heteroatoms. The molecule has 2 heterocycles. The van der Waals surface area contributed by atoms with E-state index in [4.69, 9.17) is 14.2 Å². The van der Waals surface area contributed by atoms with Gasteiger partial charge < -0.3 is 19.5 Å². The second-order valence-electron chi connectivity index (χ2n) is 5.39. The molecule has 0 radical (unpaired) electrons. The van der Waals surface area contributed by atoms with E-state index in [1.54, 1.807) is 0 Å². The van der Waals surface area contributed by atoms with Gasteiger partial charge in [0.05, 0.1) is 13.2 Å². The molecule has 1 fully saturated rings. The van der Waals surface area contributed by atoms with E-state index >= 15 is 0 Å². The quantitative estimate of drug-likeness (QED) is 0.879. The van der Waals surface area contributed by atoms with Crippen molar-refractivity contribution < 1.29 is 14.2 Å². The van der Waals surface area contributed by atoms with Crippen molar-refractivity contribution in [2.24, 2.45) is 5.41 Å². The van der Waals surface area contributed by atoms with Gasteiger partial charge in [-0.3, -0.25) is 0 Å². The summed E-state index contributed by atoms with van der Waals surface area (Å²) in [5, 5.41) is 3.47. The Labute approximate surface area is 107 Å². The number of ether oxygens (including phenoxy) is 3. The van der Waals surface area contributed by atoms with Crippen LogP contribution in [-0.4, -0.2) is 33.0 Å². The molecule has 0 bridgehead atoms. The minimum Gasteiger partial charge on any atom is -0.486 e. The number of nitrogens with one attached hydrogen (secondary N) is 1. The van der Waals surface area contributed by atoms with Crippen molar-refractivity contribution in [2.75, 3.05) is 33.0 Å². The van der Waals surface area contributed by atoms with E-state index in [9.17, 15) is 0 Å². The van der Waals surface area contributed by atoms with Gasteiger partial charge in [0.1, 0.15) is 13.2 Å². The fourth-order valence-corrected chi connectivity index (χ4v) is 2.26. The molecule has 3 rings (SSSR count). The minimum absolute atomic E-state index is 0.313. The third-order valence-corrected chi connectivity index (χ3v) is 3.39.